The van der Waals surface area contributed by atoms with Gasteiger partial charge in [-0.25, -0.2) is 4.79 Å². The first kappa shape index (κ1) is 16.5. The smallest absolute Gasteiger partial charge is 0.317 e. The van der Waals surface area contributed by atoms with Crippen LogP contribution in [0.1, 0.15) is 45.4 Å². The molecule has 0 aromatic rings. The van der Waals surface area contributed by atoms with Crippen molar-refractivity contribution in [1.29, 1.82) is 0 Å². The van der Waals surface area contributed by atoms with Gasteiger partial charge in [0.15, 0.2) is 0 Å². The third-order valence-corrected chi connectivity index (χ3v) is 6.46. The van der Waals surface area contributed by atoms with E-state index >= 15 is 0 Å². The van der Waals surface area contributed by atoms with Crippen molar-refractivity contribution in [2.24, 2.45) is 5.41 Å². The number of urea groups is 1. The van der Waals surface area contributed by atoms with Crippen molar-refractivity contribution in [3.8, 4) is 0 Å². The molecule has 0 aromatic heterocycles. The number of carbonyl (C=O) groups is 2. The highest BCUT2D eigenvalue weighted by atomic mass is 32.2. The van der Waals surface area contributed by atoms with Crippen LogP contribution in [0, 0.1) is 5.41 Å². The van der Waals surface area contributed by atoms with Crippen molar-refractivity contribution in [3.05, 3.63) is 0 Å². The van der Waals surface area contributed by atoms with Crippen LogP contribution in [0.3, 0.4) is 0 Å². The molecule has 2 N–H and O–H groups in total. The summed E-state index contributed by atoms with van der Waals surface area (Å²) < 4.78 is 0.170. The van der Waals surface area contributed by atoms with Crippen LogP contribution in [0.15, 0.2) is 0 Å². The minimum absolute atomic E-state index is 0.112. The van der Waals surface area contributed by atoms with Crippen molar-refractivity contribution in [2.45, 2.75) is 50.2 Å². The summed E-state index contributed by atoms with van der Waals surface area (Å²) in [6.45, 7) is 3.24. The maximum absolute atomic E-state index is 12.3. The number of nitrogens with one attached hydrogen (secondary N) is 1. The van der Waals surface area contributed by atoms with E-state index < -0.39 is 11.4 Å². The SMILES string of the molecule is CSC1(CNC(=O)N2CCC(C)(C(=O)O)C2)CCCCC1. The van der Waals surface area contributed by atoms with Crippen molar-refractivity contribution < 1.29 is 14.7 Å². The van der Waals surface area contributed by atoms with Gasteiger partial charge in [-0.15, -0.1) is 0 Å². The van der Waals surface area contributed by atoms with Crippen LogP contribution in [-0.2, 0) is 4.79 Å². The third-order valence-electron chi connectivity index (χ3n) is 5.04. The van der Waals surface area contributed by atoms with Crippen LogP contribution in [-0.4, -0.2) is 52.6 Å². The maximum Gasteiger partial charge on any atom is 0.317 e. The summed E-state index contributed by atoms with van der Waals surface area (Å²) in [6.07, 6.45) is 8.72. The van der Waals surface area contributed by atoms with Crippen molar-refractivity contribution in [3.63, 3.8) is 0 Å². The molecular formula is C15H26N2O3S. The van der Waals surface area contributed by atoms with Crippen molar-refractivity contribution in [2.75, 3.05) is 25.9 Å². The number of thioether (sulfide) groups is 1. The minimum Gasteiger partial charge on any atom is -0.481 e. The molecule has 120 valence electrons. The molecule has 1 aliphatic heterocycles. The van der Waals surface area contributed by atoms with Gasteiger partial charge in [0.05, 0.1) is 5.41 Å². The summed E-state index contributed by atoms with van der Waals surface area (Å²) in [5.74, 6) is -0.814. The molecule has 0 spiro atoms. The molecule has 2 aliphatic rings. The summed E-state index contributed by atoms with van der Waals surface area (Å²) in [6, 6.07) is -0.112. The summed E-state index contributed by atoms with van der Waals surface area (Å²) in [7, 11) is 0. The van der Waals surface area contributed by atoms with Gasteiger partial charge >= 0.3 is 12.0 Å². The lowest BCUT2D eigenvalue weighted by Gasteiger charge is -2.36. The first-order chi connectivity index (χ1) is 9.91. The average molecular weight is 314 g/mol. The highest BCUT2D eigenvalue weighted by molar-refractivity contribution is 8.00. The second-order valence-corrected chi connectivity index (χ2v) is 7.92. The topological polar surface area (TPSA) is 69.6 Å². The van der Waals surface area contributed by atoms with Crippen LogP contribution in [0.5, 0.6) is 0 Å². The Hall–Kier alpha value is -0.910. The van der Waals surface area contributed by atoms with E-state index in [0.717, 1.165) is 12.8 Å². The molecule has 0 bridgehead atoms. The predicted molar refractivity (Wildman–Crippen MR) is 84.7 cm³/mol. The third kappa shape index (κ3) is 3.65. The van der Waals surface area contributed by atoms with Crippen molar-refractivity contribution in [1.82, 2.24) is 10.2 Å². The number of likely N-dealkylation sites (tertiary alicyclic amines) is 1. The fraction of sp³-hybridized carbons (Fsp3) is 0.867. The Bertz CT molecular complexity index is 410. The van der Waals surface area contributed by atoms with E-state index in [1.54, 1.807) is 11.8 Å². The van der Waals surface area contributed by atoms with Gasteiger partial charge in [-0.1, -0.05) is 19.3 Å². The largest absolute Gasteiger partial charge is 0.481 e. The van der Waals surface area contributed by atoms with E-state index in [0.29, 0.717) is 26.1 Å². The molecular weight excluding hydrogens is 288 g/mol. The predicted octanol–water partition coefficient (Wildman–Crippen LogP) is 2.56. The number of carboxylic acids is 1. The summed E-state index contributed by atoms with van der Waals surface area (Å²) >= 11 is 1.86. The minimum atomic E-state index is -0.814. The number of rotatable bonds is 4. The average Bonchev–Trinajstić information content (AvgIpc) is 2.90. The molecule has 6 heteroatoms. The molecule has 2 amide bonds. The lowest BCUT2D eigenvalue weighted by atomic mass is 9.88. The number of hydrogen-bond acceptors (Lipinski definition) is 3. The fourth-order valence-corrected chi connectivity index (χ4v) is 4.22. The van der Waals surface area contributed by atoms with Crippen LogP contribution in [0.4, 0.5) is 4.79 Å². The van der Waals surface area contributed by atoms with Gasteiger partial charge in [-0.2, -0.15) is 11.8 Å². The quantitative estimate of drug-likeness (QED) is 0.837. The van der Waals surface area contributed by atoms with Crippen LogP contribution >= 0.6 is 11.8 Å². The second-order valence-electron chi connectivity index (χ2n) is 6.64. The Morgan fingerprint density at radius 1 is 1.24 bits per heavy atom. The standard InChI is InChI=1S/C15H26N2O3S/c1-14(12(18)19)8-9-17(11-14)13(20)16-10-15(21-2)6-4-3-5-7-15/h3-11H2,1-2H3,(H,16,20)(H,18,19). The molecule has 2 rings (SSSR count). The van der Waals surface area contributed by atoms with Gasteiger partial charge in [0.1, 0.15) is 0 Å². The normalized spacial score (nSPS) is 28.4. The Morgan fingerprint density at radius 2 is 1.90 bits per heavy atom. The van der Waals surface area contributed by atoms with Gasteiger partial charge in [0, 0.05) is 24.4 Å². The number of aliphatic carboxylic acids is 1. The van der Waals surface area contributed by atoms with Crippen LogP contribution < -0.4 is 5.32 Å². The highest BCUT2D eigenvalue weighted by Crippen LogP contribution is 2.38. The van der Waals surface area contributed by atoms with E-state index in [4.69, 9.17) is 0 Å². The molecule has 1 unspecified atom stereocenters. The molecule has 0 radical (unpaired) electrons. The number of amides is 2. The molecule has 21 heavy (non-hydrogen) atoms. The van der Waals surface area contributed by atoms with Crippen LogP contribution in [0.2, 0.25) is 0 Å². The van der Waals surface area contributed by atoms with Crippen LogP contribution in [0.25, 0.3) is 0 Å². The highest BCUT2D eigenvalue weighted by Gasteiger charge is 2.42. The molecule has 0 aromatic carbocycles. The Morgan fingerprint density at radius 3 is 2.43 bits per heavy atom. The summed E-state index contributed by atoms with van der Waals surface area (Å²) in [5, 5.41) is 12.3. The van der Waals surface area contributed by atoms with E-state index in [1.165, 1.54) is 19.3 Å². The Labute approximate surface area is 130 Å². The first-order valence-electron chi connectivity index (χ1n) is 7.72. The first-order valence-corrected chi connectivity index (χ1v) is 8.95. The van der Waals surface area contributed by atoms with Gasteiger partial charge in [0.25, 0.3) is 0 Å². The number of nitrogens with zero attached hydrogens (tertiary/aromatic N) is 1. The zero-order valence-corrected chi connectivity index (χ0v) is 13.8. The fourth-order valence-electron chi connectivity index (χ4n) is 3.31. The zero-order valence-electron chi connectivity index (χ0n) is 13.0. The van der Waals surface area contributed by atoms with Crippen molar-refractivity contribution >= 4 is 23.8 Å². The van der Waals surface area contributed by atoms with Gasteiger partial charge in [0.2, 0.25) is 0 Å². The molecule has 1 heterocycles. The lowest BCUT2D eigenvalue weighted by molar-refractivity contribution is -0.146. The maximum atomic E-state index is 12.3. The zero-order chi connectivity index (χ0) is 15.5. The Balaban J connectivity index is 1.86. The number of carboxylic acid groups (broad SMARTS) is 1. The molecule has 1 atom stereocenters. The van der Waals surface area contributed by atoms with E-state index in [9.17, 15) is 14.7 Å². The molecule has 2 fully saturated rings. The molecule has 1 saturated heterocycles. The second kappa shape index (κ2) is 6.46. The lowest BCUT2D eigenvalue weighted by Crippen LogP contribution is -2.47. The molecule has 5 nitrogen and oxygen atoms in total. The van der Waals surface area contributed by atoms with Gasteiger partial charge in [-0.3, -0.25) is 4.79 Å². The van der Waals surface area contributed by atoms with E-state index in [1.807, 2.05) is 11.8 Å². The van der Waals surface area contributed by atoms with Gasteiger partial charge in [-0.05, 0) is 32.4 Å². The summed E-state index contributed by atoms with van der Waals surface area (Å²) in [5.41, 5.74) is -0.792. The van der Waals surface area contributed by atoms with E-state index in [-0.39, 0.29) is 10.8 Å². The monoisotopic (exact) mass is 314 g/mol. The molecule has 1 aliphatic carbocycles. The van der Waals surface area contributed by atoms with E-state index in [2.05, 4.69) is 11.6 Å². The van der Waals surface area contributed by atoms with Gasteiger partial charge < -0.3 is 15.3 Å². The number of carbonyl (C=O) groups excluding carboxylic acids is 1. The summed E-state index contributed by atoms with van der Waals surface area (Å²) in [4.78, 5) is 25.1. The molecule has 1 saturated carbocycles. The number of hydrogen-bond donors (Lipinski definition) is 2. The Kier molecular flexibility index (Phi) is 5.07.